The minimum Gasteiger partial charge on any atom is -0.490 e. The number of thiocarbonyl (C=S) groups is 1. The summed E-state index contributed by atoms with van der Waals surface area (Å²) in [7, 11) is 0. The van der Waals surface area contributed by atoms with E-state index in [-0.39, 0.29) is 17.1 Å². The average Bonchev–Trinajstić information content (AvgIpc) is 2.51. The van der Waals surface area contributed by atoms with Gasteiger partial charge in [-0.3, -0.25) is 10.1 Å². The van der Waals surface area contributed by atoms with E-state index in [0.717, 1.165) is 4.47 Å². The van der Waals surface area contributed by atoms with Crippen LogP contribution in [-0.4, -0.2) is 17.1 Å². The van der Waals surface area contributed by atoms with Gasteiger partial charge < -0.3 is 10.1 Å². The first-order valence-electron chi connectivity index (χ1n) is 7.30. The Morgan fingerprint density at radius 2 is 1.92 bits per heavy atom. The predicted molar refractivity (Wildman–Crippen MR) is 110 cm³/mol. The number of hydrogen-bond donors (Lipinski definition) is 2. The summed E-state index contributed by atoms with van der Waals surface area (Å²) >= 11 is 20.5. The molecule has 0 heterocycles. The van der Waals surface area contributed by atoms with Gasteiger partial charge in [-0.2, -0.15) is 0 Å². The van der Waals surface area contributed by atoms with E-state index >= 15 is 0 Å². The van der Waals surface area contributed by atoms with Crippen molar-refractivity contribution in [1.29, 1.82) is 0 Å². The van der Waals surface area contributed by atoms with Gasteiger partial charge in [0.1, 0.15) is 5.75 Å². The maximum atomic E-state index is 12.5. The van der Waals surface area contributed by atoms with Crippen molar-refractivity contribution in [3.05, 3.63) is 56.5 Å². The molecule has 4 nitrogen and oxygen atoms in total. The van der Waals surface area contributed by atoms with Gasteiger partial charge in [0.25, 0.3) is 5.91 Å². The summed E-state index contributed by atoms with van der Waals surface area (Å²) in [6.07, 6.45) is -0.0642. The maximum absolute atomic E-state index is 12.5. The lowest BCUT2D eigenvalue weighted by atomic mass is 10.2. The van der Waals surface area contributed by atoms with Gasteiger partial charge in [0, 0.05) is 9.50 Å². The zero-order valence-corrected chi connectivity index (χ0v) is 17.3. The number of ether oxygens (including phenoxy) is 1. The molecule has 8 heteroatoms. The zero-order valence-electron chi connectivity index (χ0n) is 13.4. The Morgan fingerprint density at radius 3 is 2.56 bits per heavy atom. The van der Waals surface area contributed by atoms with Crippen LogP contribution in [0.4, 0.5) is 5.69 Å². The van der Waals surface area contributed by atoms with Crippen LogP contribution in [0.3, 0.4) is 0 Å². The first kappa shape index (κ1) is 20.0. The minimum absolute atomic E-state index is 0.0642. The highest BCUT2D eigenvalue weighted by Gasteiger charge is 2.16. The Kier molecular flexibility index (Phi) is 7.07. The highest BCUT2D eigenvalue weighted by molar-refractivity contribution is 9.10. The van der Waals surface area contributed by atoms with Crippen molar-refractivity contribution in [1.82, 2.24) is 5.32 Å². The van der Waals surface area contributed by atoms with Gasteiger partial charge in [0.15, 0.2) is 5.11 Å². The molecule has 2 aromatic carbocycles. The SMILES string of the molecule is CC(C)Oc1ccc(Br)cc1C(=O)NC(=S)Nc1ccc(Cl)cc1Cl. The van der Waals surface area contributed by atoms with Crippen molar-refractivity contribution in [3.8, 4) is 5.75 Å². The van der Waals surface area contributed by atoms with Crippen molar-refractivity contribution in [2.45, 2.75) is 20.0 Å². The van der Waals surface area contributed by atoms with Crippen LogP contribution in [0.1, 0.15) is 24.2 Å². The molecule has 2 aromatic rings. The summed E-state index contributed by atoms with van der Waals surface area (Å²) in [6.45, 7) is 3.77. The number of carbonyl (C=O) groups excluding carboxylic acids is 1. The van der Waals surface area contributed by atoms with E-state index in [4.69, 9.17) is 40.2 Å². The lowest BCUT2D eigenvalue weighted by Crippen LogP contribution is -2.34. The molecule has 0 bridgehead atoms. The number of anilines is 1. The standard InChI is InChI=1S/C17H15BrCl2N2O2S/c1-9(2)24-15-6-3-10(18)7-12(15)16(23)22-17(25)21-14-5-4-11(19)8-13(14)20/h3-9H,1-2H3,(H2,21,22,23,25). The minimum atomic E-state index is -0.389. The van der Waals surface area contributed by atoms with Crippen LogP contribution in [0.25, 0.3) is 0 Å². The van der Waals surface area contributed by atoms with Crippen LogP contribution in [-0.2, 0) is 0 Å². The second kappa shape index (κ2) is 8.85. The largest absolute Gasteiger partial charge is 0.490 e. The summed E-state index contributed by atoms with van der Waals surface area (Å²) in [5, 5.41) is 6.51. The molecule has 0 fully saturated rings. The number of rotatable bonds is 4. The van der Waals surface area contributed by atoms with Crippen molar-refractivity contribution >= 4 is 68.1 Å². The van der Waals surface area contributed by atoms with Crippen molar-refractivity contribution in [3.63, 3.8) is 0 Å². The van der Waals surface area contributed by atoms with Crippen LogP contribution in [0.2, 0.25) is 10.0 Å². The van der Waals surface area contributed by atoms with Gasteiger partial charge in [0.2, 0.25) is 0 Å². The number of amides is 1. The number of nitrogens with one attached hydrogen (secondary N) is 2. The van der Waals surface area contributed by atoms with E-state index in [1.165, 1.54) is 0 Å². The van der Waals surface area contributed by atoms with E-state index < -0.39 is 0 Å². The fraction of sp³-hybridized carbons (Fsp3) is 0.176. The summed E-state index contributed by atoms with van der Waals surface area (Å²) in [6, 6.07) is 10.1. The van der Waals surface area contributed by atoms with E-state index in [0.29, 0.717) is 27.0 Å². The van der Waals surface area contributed by atoms with E-state index in [2.05, 4.69) is 26.6 Å². The number of carbonyl (C=O) groups is 1. The third-order valence-corrected chi connectivity index (χ3v) is 4.20. The Morgan fingerprint density at radius 1 is 1.20 bits per heavy atom. The average molecular weight is 462 g/mol. The molecule has 1 amide bonds. The van der Waals surface area contributed by atoms with Gasteiger partial charge in [0.05, 0.1) is 22.4 Å². The first-order chi connectivity index (χ1) is 11.8. The van der Waals surface area contributed by atoms with E-state index in [1.807, 2.05) is 13.8 Å². The van der Waals surface area contributed by atoms with Gasteiger partial charge in [-0.1, -0.05) is 39.1 Å². The summed E-state index contributed by atoms with van der Waals surface area (Å²) < 4.78 is 6.43. The molecule has 0 spiro atoms. The maximum Gasteiger partial charge on any atom is 0.261 e. The molecule has 2 N–H and O–H groups in total. The van der Waals surface area contributed by atoms with Crippen LogP contribution in [0.15, 0.2) is 40.9 Å². The summed E-state index contributed by atoms with van der Waals surface area (Å²) in [5.41, 5.74) is 0.915. The van der Waals surface area contributed by atoms with Gasteiger partial charge in [-0.05, 0) is 62.5 Å². The topological polar surface area (TPSA) is 50.4 Å². The van der Waals surface area contributed by atoms with Crippen molar-refractivity contribution in [2.75, 3.05) is 5.32 Å². The molecule has 0 unspecified atom stereocenters. The quantitative estimate of drug-likeness (QED) is 0.576. The van der Waals surface area contributed by atoms with Gasteiger partial charge in [-0.15, -0.1) is 0 Å². The van der Waals surface area contributed by atoms with Crippen LogP contribution < -0.4 is 15.4 Å². The van der Waals surface area contributed by atoms with Crippen LogP contribution in [0, 0.1) is 0 Å². The Hall–Kier alpha value is -1.34. The fourth-order valence-electron chi connectivity index (χ4n) is 1.95. The Balaban J connectivity index is 2.13. The molecule has 0 aliphatic carbocycles. The lowest BCUT2D eigenvalue weighted by molar-refractivity contribution is 0.0972. The molecule has 0 aliphatic heterocycles. The van der Waals surface area contributed by atoms with E-state index in [9.17, 15) is 4.79 Å². The molecule has 25 heavy (non-hydrogen) atoms. The van der Waals surface area contributed by atoms with Crippen molar-refractivity contribution < 1.29 is 9.53 Å². The van der Waals surface area contributed by atoms with Gasteiger partial charge >= 0.3 is 0 Å². The molecule has 0 aromatic heterocycles. The molecular formula is C17H15BrCl2N2O2S. The smallest absolute Gasteiger partial charge is 0.261 e. The monoisotopic (exact) mass is 460 g/mol. The molecular weight excluding hydrogens is 447 g/mol. The number of benzene rings is 2. The molecule has 2 rings (SSSR count). The second-order valence-electron chi connectivity index (χ2n) is 5.34. The lowest BCUT2D eigenvalue weighted by Gasteiger charge is -2.15. The zero-order chi connectivity index (χ0) is 18.6. The molecule has 132 valence electrons. The third-order valence-electron chi connectivity index (χ3n) is 2.96. The van der Waals surface area contributed by atoms with E-state index in [1.54, 1.807) is 36.4 Å². The Bertz CT molecular complexity index is 815. The molecule has 0 saturated carbocycles. The first-order valence-corrected chi connectivity index (χ1v) is 9.25. The highest BCUT2D eigenvalue weighted by Crippen LogP contribution is 2.26. The van der Waals surface area contributed by atoms with Crippen LogP contribution in [0.5, 0.6) is 5.75 Å². The fourth-order valence-corrected chi connectivity index (χ4v) is 2.97. The Labute approximate surface area is 170 Å². The highest BCUT2D eigenvalue weighted by atomic mass is 79.9. The normalized spacial score (nSPS) is 10.5. The van der Waals surface area contributed by atoms with Crippen molar-refractivity contribution in [2.24, 2.45) is 0 Å². The second-order valence-corrected chi connectivity index (χ2v) is 7.51. The summed E-state index contributed by atoms with van der Waals surface area (Å²) in [4.78, 5) is 12.5. The van der Waals surface area contributed by atoms with Crippen LogP contribution >= 0.6 is 51.3 Å². The molecule has 0 saturated heterocycles. The number of hydrogen-bond acceptors (Lipinski definition) is 3. The number of halogens is 3. The summed E-state index contributed by atoms with van der Waals surface area (Å²) in [5.74, 6) is 0.0857. The third kappa shape index (κ3) is 5.85. The molecule has 0 atom stereocenters. The van der Waals surface area contributed by atoms with Gasteiger partial charge in [-0.25, -0.2) is 0 Å². The predicted octanol–water partition coefficient (Wildman–Crippen LogP) is 5.67. The molecule has 0 aliphatic rings. The molecule has 0 radical (unpaired) electrons.